The average molecular weight is 269 g/mol. The quantitative estimate of drug-likeness (QED) is 0.853. The Morgan fingerprint density at radius 3 is 2.55 bits per heavy atom. The summed E-state index contributed by atoms with van der Waals surface area (Å²) in [7, 11) is 1.50. The zero-order valence-corrected chi connectivity index (χ0v) is 12.6. The van der Waals surface area contributed by atoms with Gasteiger partial charge in [0, 0.05) is 5.56 Å². The second kappa shape index (κ2) is 6.58. The minimum atomic E-state index is 0.842. The van der Waals surface area contributed by atoms with Crippen LogP contribution < -0.4 is 10.5 Å². The van der Waals surface area contributed by atoms with E-state index in [1.807, 2.05) is 0 Å². The lowest BCUT2D eigenvalue weighted by atomic mass is 9.94. The first kappa shape index (κ1) is 14.6. The van der Waals surface area contributed by atoms with E-state index in [0.717, 1.165) is 25.2 Å². The van der Waals surface area contributed by atoms with Crippen LogP contribution in [0.25, 0.3) is 11.1 Å². The van der Waals surface area contributed by atoms with E-state index in [9.17, 15) is 0 Å². The average Bonchev–Trinajstić information content (AvgIpc) is 2.49. The highest BCUT2D eigenvalue weighted by molar-refractivity contribution is 5.75. The number of fused-ring (bicyclic) bond motifs is 1. The molecule has 0 spiro atoms. The zero-order valence-electron chi connectivity index (χ0n) is 12.6. The molecule has 1 aliphatic heterocycles. The van der Waals surface area contributed by atoms with Crippen LogP contribution in [0.2, 0.25) is 0 Å². The molecule has 1 heterocycles. The Morgan fingerprint density at radius 2 is 1.80 bits per heavy atom. The summed E-state index contributed by atoms with van der Waals surface area (Å²) in [6, 6.07) is 13.1. The Bertz CT molecular complexity index is 590. The minimum absolute atomic E-state index is 0.842. The van der Waals surface area contributed by atoms with Gasteiger partial charge in [-0.3, -0.25) is 0 Å². The highest BCUT2D eigenvalue weighted by Crippen LogP contribution is 2.37. The smallest absolute Gasteiger partial charge is 0.130 e. The molecular weight excluding hydrogens is 246 g/mol. The number of nitrogens with two attached hydrogens (primary N) is 1. The maximum absolute atomic E-state index is 5.89. The highest BCUT2D eigenvalue weighted by Gasteiger charge is 2.16. The van der Waals surface area contributed by atoms with Crippen molar-refractivity contribution in [2.24, 2.45) is 5.73 Å². The second-order valence-electron chi connectivity index (χ2n) is 5.06. The van der Waals surface area contributed by atoms with Gasteiger partial charge >= 0.3 is 0 Å². The van der Waals surface area contributed by atoms with Crippen molar-refractivity contribution in [2.75, 3.05) is 13.7 Å². The van der Waals surface area contributed by atoms with Crippen molar-refractivity contribution in [1.82, 2.24) is 0 Å². The first-order valence-corrected chi connectivity index (χ1v) is 7.16. The Labute approximate surface area is 121 Å². The maximum Gasteiger partial charge on any atom is 0.130 e. The van der Waals surface area contributed by atoms with Crippen LogP contribution in [0.5, 0.6) is 5.75 Å². The molecule has 0 atom stereocenters. The standard InChI is InChI=1S/C17H18O.CH5N/c1-12-8-9-15(13(2)11-12)16-7-3-5-14-6-4-10-18-17(14)16;1-2/h3,5,7-9,11H,4,6,10H2,1-2H3;2H2,1H3. The third-order valence-corrected chi connectivity index (χ3v) is 3.61. The molecule has 0 bridgehead atoms. The predicted octanol–water partition coefficient (Wildman–Crippen LogP) is 3.87. The molecule has 106 valence electrons. The molecule has 3 rings (SSSR count). The summed E-state index contributed by atoms with van der Waals surface area (Å²) in [5.41, 5.74) is 11.0. The summed E-state index contributed by atoms with van der Waals surface area (Å²) in [6.45, 7) is 5.15. The molecule has 0 radical (unpaired) electrons. The lowest BCUT2D eigenvalue weighted by Crippen LogP contribution is -2.09. The van der Waals surface area contributed by atoms with Gasteiger partial charge in [0.2, 0.25) is 0 Å². The molecule has 2 aromatic carbocycles. The van der Waals surface area contributed by atoms with E-state index in [-0.39, 0.29) is 0 Å². The number of benzene rings is 2. The van der Waals surface area contributed by atoms with Crippen molar-refractivity contribution in [3.8, 4) is 16.9 Å². The van der Waals surface area contributed by atoms with Crippen molar-refractivity contribution >= 4 is 0 Å². The Morgan fingerprint density at radius 1 is 1.00 bits per heavy atom. The van der Waals surface area contributed by atoms with Gasteiger partial charge in [-0.15, -0.1) is 0 Å². The number of rotatable bonds is 1. The van der Waals surface area contributed by atoms with Crippen molar-refractivity contribution in [3.63, 3.8) is 0 Å². The van der Waals surface area contributed by atoms with Gasteiger partial charge in [0.15, 0.2) is 0 Å². The molecule has 0 fully saturated rings. The Balaban J connectivity index is 0.000000704. The van der Waals surface area contributed by atoms with Crippen LogP contribution in [0.15, 0.2) is 36.4 Å². The summed E-state index contributed by atoms with van der Waals surface area (Å²) in [4.78, 5) is 0. The Kier molecular flexibility index (Phi) is 4.80. The molecular formula is C18H23NO. The van der Waals surface area contributed by atoms with Crippen LogP contribution >= 0.6 is 0 Å². The zero-order chi connectivity index (χ0) is 14.5. The Hall–Kier alpha value is -1.80. The van der Waals surface area contributed by atoms with Gasteiger partial charge in [0.1, 0.15) is 5.75 Å². The minimum Gasteiger partial charge on any atom is -0.493 e. The molecule has 0 saturated heterocycles. The number of para-hydroxylation sites is 1. The van der Waals surface area contributed by atoms with Crippen LogP contribution in [0.1, 0.15) is 23.1 Å². The summed E-state index contributed by atoms with van der Waals surface area (Å²) < 4.78 is 5.89. The predicted molar refractivity (Wildman–Crippen MR) is 85.3 cm³/mol. The largest absolute Gasteiger partial charge is 0.493 e. The lowest BCUT2D eigenvalue weighted by molar-refractivity contribution is 0.289. The van der Waals surface area contributed by atoms with E-state index in [1.165, 1.54) is 34.9 Å². The van der Waals surface area contributed by atoms with Gasteiger partial charge in [-0.25, -0.2) is 0 Å². The number of aryl methyl sites for hydroxylation is 3. The fraction of sp³-hybridized carbons (Fsp3) is 0.333. The van der Waals surface area contributed by atoms with Crippen molar-refractivity contribution < 1.29 is 4.74 Å². The maximum atomic E-state index is 5.89. The molecule has 0 aliphatic carbocycles. The highest BCUT2D eigenvalue weighted by atomic mass is 16.5. The van der Waals surface area contributed by atoms with Gasteiger partial charge in [-0.1, -0.05) is 42.0 Å². The summed E-state index contributed by atoms with van der Waals surface area (Å²) >= 11 is 0. The van der Waals surface area contributed by atoms with Gasteiger partial charge in [0.25, 0.3) is 0 Å². The van der Waals surface area contributed by atoms with E-state index < -0.39 is 0 Å². The van der Waals surface area contributed by atoms with Crippen LogP contribution in [-0.2, 0) is 6.42 Å². The van der Waals surface area contributed by atoms with Crippen molar-refractivity contribution in [1.29, 1.82) is 0 Å². The molecule has 0 unspecified atom stereocenters. The van der Waals surface area contributed by atoms with Crippen molar-refractivity contribution in [3.05, 3.63) is 53.1 Å². The monoisotopic (exact) mass is 269 g/mol. The number of hydrogen-bond donors (Lipinski definition) is 1. The summed E-state index contributed by atoms with van der Waals surface area (Å²) in [5.74, 6) is 1.09. The molecule has 2 N–H and O–H groups in total. The topological polar surface area (TPSA) is 35.2 Å². The van der Waals surface area contributed by atoms with E-state index in [2.05, 4.69) is 56.0 Å². The summed E-state index contributed by atoms with van der Waals surface area (Å²) in [6.07, 6.45) is 2.26. The second-order valence-corrected chi connectivity index (χ2v) is 5.06. The molecule has 20 heavy (non-hydrogen) atoms. The van der Waals surface area contributed by atoms with Gasteiger partial charge in [-0.05, 0) is 50.4 Å². The van der Waals surface area contributed by atoms with Gasteiger partial charge in [0.05, 0.1) is 6.61 Å². The third-order valence-electron chi connectivity index (χ3n) is 3.61. The van der Waals surface area contributed by atoms with Crippen LogP contribution in [-0.4, -0.2) is 13.7 Å². The summed E-state index contributed by atoms with van der Waals surface area (Å²) in [5, 5.41) is 0. The number of hydrogen-bond acceptors (Lipinski definition) is 2. The molecule has 1 aliphatic rings. The normalized spacial score (nSPS) is 12.8. The van der Waals surface area contributed by atoms with Crippen LogP contribution in [0, 0.1) is 13.8 Å². The fourth-order valence-corrected chi connectivity index (χ4v) is 2.72. The molecule has 0 amide bonds. The molecule has 2 heteroatoms. The molecule has 0 aromatic heterocycles. The SMILES string of the molecule is CN.Cc1ccc(-c2cccc3c2OCCC3)c(C)c1. The van der Waals surface area contributed by atoms with E-state index >= 15 is 0 Å². The molecule has 2 aromatic rings. The number of ether oxygens (including phenoxy) is 1. The first-order chi connectivity index (χ1) is 9.75. The third kappa shape index (κ3) is 2.86. The van der Waals surface area contributed by atoms with Crippen LogP contribution in [0.3, 0.4) is 0 Å². The van der Waals surface area contributed by atoms with E-state index in [4.69, 9.17) is 4.74 Å². The van der Waals surface area contributed by atoms with E-state index in [0.29, 0.717) is 0 Å². The lowest BCUT2D eigenvalue weighted by Gasteiger charge is -2.21. The fourth-order valence-electron chi connectivity index (χ4n) is 2.72. The first-order valence-electron chi connectivity index (χ1n) is 7.16. The van der Waals surface area contributed by atoms with Crippen LogP contribution in [0.4, 0.5) is 0 Å². The molecule has 2 nitrogen and oxygen atoms in total. The van der Waals surface area contributed by atoms with Gasteiger partial charge < -0.3 is 10.5 Å². The van der Waals surface area contributed by atoms with E-state index in [1.54, 1.807) is 0 Å². The van der Waals surface area contributed by atoms with Crippen molar-refractivity contribution in [2.45, 2.75) is 26.7 Å². The molecule has 0 saturated carbocycles. The van der Waals surface area contributed by atoms with Gasteiger partial charge in [-0.2, -0.15) is 0 Å².